The first-order valence-corrected chi connectivity index (χ1v) is 37.1. The third kappa shape index (κ3) is 49.6. The Hall–Kier alpha value is -1.86. The Morgan fingerprint density at radius 2 is 0.776 bits per heavy atom. The molecule has 11 heteroatoms. The number of ether oxygens (including phenoxy) is 3. The summed E-state index contributed by atoms with van der Waals surface area (Å²) in [5.74, 6) is -1.17. The number of hydrogen-bond donors (Lipinski definition) is 6. The highest BCUT2D eigenvalue weighted by Gasteiger charge is 2.47. The molecule has 1 fully saturated rings. The van der Waals surface area contributed by atoms with E-state index in [2.05, 4.69) is 38.2 Å². The van der Waals surface area contributed by atoms with Crippen molar-refractivity contribution in [2.75, 3.05) is 13.2 Å². The van der Waals surface area contributed by atoms with Crippen molar-refractivity contribution < 1.29 is 49.3 Å². The van der Waals surface area contributed by atoms with Crippen molar-refractivity contribution in [2.45, 2.75) is 423 Å². The Morgan fingerprint density at radius 1 is 0.447 bits per heavy atom. The second-order valence-corrected chi connectivity index (χ2v) is 26.0. The van der Waals surface area contributed by atoms with Gasteiger partial charge in [-0.3, -0.25) is 9.59 Å². The predicted molar refractivity (Wildman–Crippen MR) is 357 cm³/mol. The van der Waals surface area contributed by atoms with Crippen LogP contribution in [0.3, 0.4) is 0 Å². The van der Waals surface area contributed by atoms with Gasteiger partial charge in [0.1, 0.15) is 24.4 Å². The maximum atomic E-state index is 13.5. The van der Waals surface area contributed by atoms with Crippen LogP contribution in [0.5, 0.6) is 0 Å². The van der Waals surface area contributed by atoms with Crippen molar-refractivity contribution in [3.05, 3.63) is 24.3 Å². The lowest BCUT2D eigenvalue weighted by molar-refractivity contribution is -0.305. The highest BCUT2D eigenvalue weighted by atomic mass is 16.7. The number of allylic oxidation sites excluding steroid dienone is 3. The van der Waals surface area contributed by atoms with E-state index in [0.717, 1.165) is 57.8 Å². The van der Waals surface area contributed by atoms with Crippen molar-refractivity contribution in [2.24, 2.45) is 0 Å². The number of unbranched alkanes of at least 4 members (excludes halogenated alkanes) is 49. The van der Waals surface area contributed by atoms with Gasteiger partial charge in [-0.15, -0.1) is 0 Å². The Balaban J connectivity index is 2.56. The molecular weight excluding hydrogens is 1060 g/mol. The van der Waals surface area contributed by atoms with Crippen LogP contribution in [0.25, 0.3) is 0 Å². The first kappa shape index (κ1) is 81.2. The molecule has 8 unspecified atom stereocenters. The normalized spacial score (nSPS) is 18.4. The van der Waals surface area contributed by atoms with Crippen LogP contribution < -0.4 is 5.32 Å². The molecular formula is C74H141NO10. The number of aliphatic hydroxyl groups excluding tert-OH is 5. The van der Waals surface area contributed by atoms with Gasteiger partial charge in [-0.25, -0.2) is 0 Å². The molecule has 8 atom stereocenters. The molecule has 11 nitrogen and oxygen atoms in total. The highest BCUT2D eigenvalue weighted by molar-refractivity contribution is 5.80. The molecule has 0 aromatic carbocycles. The zero-order chi connectivity index (χ0) is 61.7. The van der Waals surface area contributed by atoms with Crippen molar-refractivity contribution >= 4 is 11.9 Å². The summed E-state index contributed by atoms with van der Waals surface area (Å²) in [7, 11) is 0. The minimum atomic E-state index is -1.61. The third-order valence-electron chi connectivity index (χ3n) is 17.9. The fourth-order valence-corrected chi connectivity index (χ4v) is 12.0. The van der Waals surface area contributed by atoms with Crippen LogP contribution in [0.15, 0.2) is 24.3 Å². The SMILES string of the molecule is CCCCCCCC/C=C/CCCCCCCCCCCCC(O)C(=O)NC(COC1OC(CO)C(O)C(O)C1OC(=O)CCCCCCCCCCCCCCCCCCCCCCCCC)C(O)/C=C/CCCCCCCCCCCCC. The highest BCUT2D eigenvalue weighted by Crippen LogP contribution is 2.27. The zero-order valence-electron chi connectivity index (χ0n) is 56.0. The van der Waals surface area contributed by atoms with Gasteiger partial charge in [-0.2, -0.15) is 0 Å². The average molecular weight is 1200 g/mol. The molecule has 85 heavy (non-hydrogen) atoms. The molecule has 0 bridgehead atoms. The van der Waals surface area contributed by atoms with Gasteiger partial charge in [0.2, 0.25) is 5.91 Å². The largest absolute Gasteiger partial charge is 0.454 e. The Labute approximate surface area is 524 Å². The molecule has 0 saturated carbocycles. The quantitative estimate of drug-likeness (QED) is 0.0195. The average Bonchev–Trinajstić information content (AvgIpc) is 3.12. The summed E-state index contributed by atoms with van der Waals surface area (Å²) in [4.78, 5) is 26.7. The maximum Gasteiger partial charge on any atom is 0.306 e. The predicted octanol–water partition coefficient (Wildman–Crippen LogP) is 19.2. The fraction of sp³-hybridized carbons (Fsp3) is 0.919. The molecule has 0 spiro atoms. The monoisotopic (exact) mass is 1200 g/mol. The third-order valence-corrected chi connectivity index (χ3v) is 17.9. The van der Waals surface area contributed by atoms with E-state index in [0.29, 0.717) is 19.3 Å². The van der Waals surface area contributed by atoms with Gasteiger partial charge < -0.3 is 45.1 Å². The van der Waals surface area contributed by atoms with Crippen molar-refractivity contribution in [3.8, 4) is 0 Å². The molecule has 1 heterocycles. The topological polar surface area (TPSA) is 175 Å². The van der Waals surface area contributed by atoms with E-state index < -0.39 is 67.4 Å². The van der Waals surface area contributed by atoms with Crippen LogP contribution in [-0.4, -0.2) is 99.6 Å². The number of carbonyl (C=O) groups excluding carboxylic acids is 2. The molecule has 0 aliphatic carbocycles. The number of nitrogens with one attached hydrogen (secondary N) is 1. The van der Waals surface area contributed by atoms with E-state index in [9.17, 15) is 35.1 Å². The summed E-state index contributed by atoms with van der Waals surface area (Å²) in [6.07, 6.45) is 65.1. The van der Waals surface area contributed by atoms with Crippen molar-refractivity contribution in [3.63, 3.8) is 0 Å². The number of amides is 1. The number of rotatable bonds is 65. The molecule has 0 radical (unpaired) electrons. The number of carbonyl (C=O) groups is 2. The Kier molecular flexibility index (Phi) is 59.5. The van der Waals surface area contributed by atoms with Gasteiger partial charge >= 0.3 is 5.97 Å². The maximum absolute atomic E-state index is 13.5. The lowest BCUT2D eigenvalue weighted by Gasteiger charge is -2.41. The van der Waals surface area contributed by atoms with Crippen molar-refractivity contribution in [1.29, 1.82) is 0 Å². The minimum absolute atomic E-state index is 0.131. The number of hydrogen-bond acceptors (Lipinski definition) is 10. The van der Waals surface area contributed by atoms with Gasteiger partial charge in [-0.1, -0.05) is 340 Å². The number of esters is 1. The smallest absolute Gasteiger partial charge is 0.306 e. The summed E-state index contributed by atoms with van der Waals surface area (Å²) < 4.78 is 17.7. The lowest BCUT2D eigenvalue weighted by atomic mass is 9.99. The molecule has 0 aromatic rings. The van der Waals surface area contributed by atoms with E-state index in [4.69, 9.17) is 14.2 Å². The molecule has 0 aromatic heterocycles. The van der Waals surface area contributed by atoms with E-state index in [-0.39, 0.29) is 13.0 Å². The van der Waals surface area contributed by atoms with Crippen LogP contribution in [0.4, 0.5) is 0 Å². The summed E-state index contributed by atoms with van der Waals surface area (Å²) in [6, 6.07) is -1.02. The summed E-state index contributed by atoms with van der Waals surface area (Å²) in [6.45, 7) is 5.86. The van der Waals surface area contributed by atoms with E-state index in [1.54, 1.807) is 6.08 Å². The van der Waals surface area contributed by atoms with Gasteiger partial charge in [0, 0.05) is 6.42 Å². The summed E-state index contributed by atoms with van der Waals surface area (Å²) >= 11 is 0. The fourth-order valence-electron chi connectivity index (χ4n) is 12.0. The first-order valence-electron chi connectivity index (χ1n) is 37.1. The zero-order valence-corrected chi connectivity index (χ0v) is 56.0. The molecule has 1 aliphatic rings. The molecule has 6 N–H and O–H groups in total. The van der Waals surface area contributed by atoms with E-state index in [1.807, 2.05) is 6.08 Å². The van der Waals surface area contributed by atoms with Crippen LogP contribution in [0, 0.1) is 0 Å². The lowest BCUT2D eigenvalue weighted by Crippen LogP contribution is -2.61. The molecule has 1 aliphatic heterocycles. The summed E-state index contributed by atoms with van der Waals surface area (Å²) in [5, 5.41) is 57.3. The Bertz CT molecular complexity index is 1480. The van der Waals surface area contributed by atoms with Gasteiger partial charge in [0.15, 0.2) is 12.4 Å². The van der Waals surface area contributed by atoms with Crippen LogP contribution in [0.1, 0.15) is 374 Å². The van der Waals surface area contributed by atoms with Crippen molar-refractivity contribution in [1.82, 2.24) is 5.32 Å². The summed E-state index contributed by atoms with van der Waals surface area (Å²) in [5.41, 5.74) is 0. The first-order chi connectivity index (χ1) is 41.7. The van der Waals surface area contributed by atoms with Crippen LogP contribution in [0.2, 0.25) is 0 Å². The second-order valence-electron chi connectivity index (χ2n) is 26.0. The van der Waals surface area contributed by atoms with E-state index >= 15 is 0 Å². The second kappa shape index (κ2) is 62.3. The van der Waals surface area contributed by atoms with Gasteiger partial charge in [0.05, 0.1) is 25.4 Å². The van der Waals surface area contributed by atoms with Gasteiger partial charge in [-0.05, 0) is 51.4 Å². The molecule has 1 rings (SSSR count). The molecule has 502 valence electrons. The molecule has 1 amide bonds. The van der Waals surface area contributed by atoms with E-state index in [1.165, 1.54) is 270 Å². The standard InChI is InChI=1S/C74H141NO10/c1-4-7-10-13-16-19-22-25-27-29-31-33-34-35-37-39-41-44-47-50-53-56-59-62-69(79)85-72-71(81)70(80)68(63-76)84-74(72)83-64-65(66(77)60-57-54-51-48-45-42-24-21-18-15-12-9-6-3)75-73(82)67(78)61-58-55-52-49-46-43-40-38-36-32-30-28-26-23-20-17-14-11-8-5-2/h26,28,57,60,65-68,70-72,74,76-78,80-81H,4-25,27,29-56,58-59,61-64H2,1-3H3,(H,75,82)/b28-26+,60-57+. The number of aliphatic hydroxyl groups is 5. The van der Waals surface area contributed by atoms with Crippen LogP contribution in [-0.2, 0) is 23.8 Å². The van der Waals surface area contributed by atoms with Gasteiger partial charge in [0.25, 0.3) is 0 Å². The minimum Gasteiger partial charge on any atom is -0.454 e. The Morgan fingerprint density at radius 3 is 1.14 bits per heavy atom. The molecule has 1 saturated heterocycles. The van der Waals surface area contributed by atoms with Crippen LogP contribution >= 0.6 is 0 Å².